The molecule has 176 valence electrons. The van der Waals surface area contributed by atoms with Crippen LogP contribution < -0.4 is 0 Å². The van der Waals surface area contributed by atoms with Gasteiger partial charge < -0.3 is 0 Å². The van der Waals surface area contributed by atoms with E-state index in [-0.39, 0.29) is 35.0 Å². The van der Waals surface area contributed by atoms with Crippen LogP contribution in [0.5, 0.6) is 0 Å². The lowest BCUT2D eigenvalue weighted by Gasteiger charge is -2.50. The van der Waals surface area contributed by atoms with E-state index >= 15 is 0 Å². The molecule has 1 heterocycles. The number of hydrogen-bond acceptors (Lipinski definition) is 5. The smallest absolute Gasteiger partial charge is 0.268 e. The number of ketones is 1. The van der Waals surface area contributed by atoms with Crippen molar-refractivity contribution in [2.45, 2.75) is 58.2 Å². The lowest BCUT2D eigenvalue weighted by molar-refractivity contribution is -0.128. The zero-order valence-electron chi connectivity index (χ0n) is 19.6. The summed E-state index contributed by atoms with van der Waals surface area (Å²) in [6.45, 7) is 6.67. The molecule has 0 radical (unpaired) electrons. The van der Waals surface area contributed by atoms with Crippen LogP contribution in [0.2, 0.25) is 0 Å². The first kappa shape index (κ1) is 22.8. The molecule has 1 saturated heterocycles. The average Bonchev–Trinajstić information content (AvgIpc) is 3.13. The molecule has 5 nitrogen and oxygen atoms in total. The predicted octanol–water partition coefficient (Wildman–Crippen LogP) is 4.59. The van der Waals surface area contributed by atoms with Gasteiger partial charge in [-0.05, 0) is 42.2 Å². The Hall–Kier alpha value is -2.02. The van der Waals surface area contributed by atoms with Gasteiger partial charge in [0.15, 0.2) is 0 Å². The molecule has 3 aliphatic rings. The Morgan fingerprint density at radius 2 is 1.61 bits per heavy atom. The minimum Gasteiger partial charge on any atom is -0.299 e. The first-order chi connectivity index (χ1) is 15.6. The molecule has 0 amide bonds. The largest absolute Gasteiger partial charge is 0.299 e. The van der Waals surface area contributed by atoms with Gasteiger partial charge in [0.05, 0.1) is 17.2 Å². The molecule has 2 saturated carbocycles. The fourth-order valence-corrected chi connectivity index (χ4v) is 8.48. The van der Waals surface area contributed by atoms with Crippen LogP contribution in [0, 0.1) is 16.7 Å². The quantitative estimate of drug-likeness (QED) is 0.557. The Bertz CT molecular complexity index is 1090. The van der Waals surface area contributed by atoms with E-state index in [1.54, 1.807) is 0 Å². The van der Waals surface area contributed by atoms with E-state index in [0.29, 0.717) is 19.4 Å². The van der Waals surface area contributed by atoms with Gasteiger partial charge in [-0.2, -0.15) is 8.42 Å². The van der Waals surface area contributed by atoms with E-state index in [0.717, 1.165) is 6.42 Å². The number of likely N-dealkylation sites (tertiary alicyclic amines) is 1. The number of Topliss-reactive ketones (excluding diaryl/α,β-unsaturated/α-hetero) is 1. The molecule has 0 N–H and O–H groups in total. The number of carbonyl (C=O) groups excluding carboxylic acids is 1. The molecule has 1 aliphatic heterocycles. The standard InChI is InChI=1S/C27H33NO4S/c1-19-23(32-33(30,31)18-27-15-14-22(16-24(27)29)26(27,2)3)17-28(19)25(20-10-6-4-7-11-20)21-12-8-5-9-13-21/h4-13,19,22-23,25H,14-18H2,1-3H3/t19-,22?,23+,27-/m1/s1. The van der Waals surface area contributed by atoms with E-state index in [4.69, 9.17) is 4.18 Å². The predicted molar refractivity (Wildman–Crippen MR) is 128 cm³/mol. The summed E-state index contributed by atoms with van der Waals surface area (Å²) in [7, 11) is -3.83. The Balaban J connectivity index is 1.32. The van der Waals surface area contributed by atoms with Crippen LogP contribution in [0.3, 0.4) is 0 Å². The van der Waals surface area contributed by atoms with Crippen molar-refractivity contribution in [3.8, 4) is 0 Å². The highest BCUT2D eigenvalue weighted by Crippen LogP contribution is 2.64. The summed E-state index contributed by atoms with van der Waals surface area (Å²) >= 11 is 0. The Kier molecular flexibility index (Phi) is 5.54. The SMILES string of the molecule is C[C@@H]1[C@@H](OS(=O)(=O)C[C@]23CCC(CC2=O)C3(C)C)CN1C(c1ccccc1)c1ccccc1. The van der Waals surface area contributed by atoms with Crippen LogP contribution in [-0.2, 0) is 19.1 Å². The molecular weight excluding hydrogens is 434 g/mol. The fourth-order valence-electron chi connectivity index (χ4n) is 6.53. The molecule has 5 rings (SSSR count). The highest BCUT2D eigenvalue weighted by molar-refractivity contribution is 7.86. The third-order valence-corrected chi connectivity index (χ3v) is 10.2. The van der Waals surface area contributed by atoms with Crippen molar-refractivity contribution in [2.24, 2.45) is 16.7 Å². The molecule has 2 aliphatic carbocycles. The summed E-state index contributed by atoms with van der Waals surface area (Å²) in [4.78, 5) is 15.1. The highest BCUT2D eigenvalue weighted by atomic mass is 32.2. The topological polar surface area (TPSA) is 63.7 Å². The second-order valence-electron chi connectivity index (χ2n) is 10.7. The molecule has 2 aromatic rings. The number of nitrogens with zero attached hydrogens (tertiary/aromatic N) is 1. The molecule has 1 unspecified atom stereocenters. The Morgan fingerprint density at radius 1 is 1.03 bits per heavy atom. The van der Waals surface area contributed by atoms with Crippen molar-refractivity contribution < 1.29 is 17.4 Å². The van der Waals surface area contributed by atoms with Crippen molar-refractivity contribution >= 4 is 15.9 Å². The van der Waals surface area contributed by atoms with E-state index in [1.165, 1.54) is 11.1 Å². The summed E-state index contributed by atoms with van der Waals surface area (Å²) in [6, 6.07) is 20.5. The van der Waals surface area contributed by atoms with Gasteiger partial charge in [-0.1, -0.05) is 74.5 Å². The van der Waals surface area contributed by atoms with Crippen LogP contribution in [0.4, 0.5) is 0 Å². The van der Waals surface area contributed by atoms with Crippen molar-refractivity contribution in [1.82, 2.24) is 4.90 Å². The zero-order valence-corrected chi connectivity index (χ0v) is 20.4. The fraction of sp³-hybridized carbons (Fsp3) is 0.519. The van der Waals surface area contributed by atoms with E-state index in [1.807, 2.05) is 43.3 Å². The first-order valence-corrected chi connectivity index (χ1v) is 13.5. The van der Waals surface area contributed by atoms with Crippen molar-refractivity contribution in [3.63, 3.8) is 0 Å². The second kappa shape index (κ2) is 8.03. The second-order valence-corrected chi connectivity index (χ2v) is 12.3. The van der Waals surface area contributed by atoms with Gasteiger partial charge in [-0.25, -0.2) is 0 Å². The number of fused-ring (bicyclic) bond motifs is 2. The Morgan fingerprint density at radius 3 is 2.06 bits per heavy atom. The molecule has 0 aromatic heterocycles. The molecule has 3 fully saturated rings. The molecule has 33 heavy (non-hydrogen) atoms. The minimum atomic E-state index is -3.83. The van der Waals surface area contributed by atoms with Gasteiger partial charge in [0, 0.05) is 19.0 Å². The molecule has 4 atom stereocenters. The van der Waals surface area contributed by atoms with Crippen molar-refractivity contribution in [3.05, 3.63) is 71.8 Å². The molecule has 2 bridgehead atoms. The van der Waals surface area contributed by atoms with Crippen LogP contribution >= 0.6 is 0 Å². The van der Waals surface area contributed by atoms with Crippen molar-refractivity contribution in [1.29, 1.82) is 0 Å². The summed E-state index contributed by atoms with van der Waals surface area (Å²) in [5.41, 5.74) is 1.26. The van der Waals surface area contributed by atoms with Gasteiger partial charge in [0.1, 0.15) is 11.9 Å². The van der Waals surface area contributed by atoms with Crippen LogP contribution in [0.1, 0.15) is 57.2 Å². The number of rotatable bonds is 7. The number of benzene rings is 2. The molecule has 6 heteroatoms. The van der Waals surface area contributed by atoms with Gasteiger partial charge >= 0.3 is 0 Å². The third kappa shape index (κ3) is 3.67. The van der Waals surface area contributed by atoms with E-state index < -0.39 is 21.6 Å². The van der Waals surface area contributed by atoms with E-state index in [9.17, 15) is 13.2 Å². The summed E-state index contributed by atoms with van der Waals surface area (Å²) in [6.07, 6.45) is 1.68. The summed E-state index contributed by atoms with van der Waals surface area (Å²) < 4.78 is 32.1. The van der Waals surface area contributed by atoms with Gasteiger partial charge in [-0.15, -0.1) is 0 Å². The Labute approximate surface area is 197 Å². The normalized spacial score (nSPS) is 31.2. The monoisotopic (exact) mass is 467 g/mol. The van der Waals surface area contributed by atoms with Crippen LogP contribution in [0.15, 0.2) is 60.7 Å². The maximum atomic E-state index is 13.2. The number of carbonyl (C=O) groups is 1. The maximum Gasteiger partial charge on any atom is 0.268 e. The minimum absolute atomic E-state index is 0.0366. The average molecular weight is 468 g/mol. The first-order valence-electron chi connectivity index (χ1n) is 11.9. The number of hydrogen-bond donors (Lipinski definition) is 0. The van der Waals surface area contributed by atoms with Crippen LogP contribution in [0.25, 0.3) is 0 Å². The highest BCUT2D eigenvalue weighted by Gasteiger charge is 2.65. The lowest BCUT2D eigenvalue weighted by Crippen LogP contribution is -2.61. The summed E-state index contributed by atoms with van der Waals surface area (Å²) in [5.74, 6) is 0.204. The molecule has 0 spiro atoms. The van der Waals surface area contributed by atoms with Gasteiger partial charge in [-0.3, -0.25) is 13.9 Å². The third-order valence-electron chi connectivity index (χ3n) is 8.85. The van der Waals surface area contributed by atoms with Crippen LogP contribution in [-0.4, -0.2) is 43.5 Å². The summed E-state index contributed by atoms with van der Waals surface area (Å²) in [5, 5.41) is 0. The van der Waals surface area contributed by atoms with E-state index in [2.05, 4.69) is 43.0 Å². The van der Waals surface area contributed by atoms with Gasteiger partial charge in [0.2, 0.25) is 0 Å². The molecule has 2 aromatic carbocycles. The van der Waals surface area contributed by atoms with Gasteiger partial charge in [0.25, 0.3) is 10.1 Å². The van der Waals surface area contributed by atoms with Crippen molar-refractivity contribution in [2.75, 3.05) is 12.3 Å². The lowest BCUT2D eigenvalue weighted by atomic mass is 9.70. The zero-order chi connectivity index (χ0) is 23.4. The maximum absolute atomic E-state index is 13.2. The molecular formula is C27H33NO4S.